The largest absolute Gasteiger partial charge is 0.396 e. The molecule has 0 aromatic carbocycles. The molecule has 0 bridgehead atoms. The van der Waals surface area contributed by atoms with Crippen molar-refractivity contribution in [2.24, 2.45) is 5.41 Å². The van der Waals surface area contributed by atoms with Crippen molar-refractivity contribution in [3.63, 3.8) is 0 Å². The number of aliphatic hydroxyl groups excluding tert-OH is 1. The Kier molecular flexibility index (Phi) is 3.44. The molecule has 0 amide bonds. The molecule has 0 aliphatic carbocycles. The van der Waals surface area contributed by atoms with Crippen LogP contribution in [0.25, 0.3) is 0 Å². The van der Waals surface area contributed by atoms with E-state index in [1.165, 1.54) is 12.3 Å². The van der Waals surface area contributed by atoms with Crippen LogP contribution in [0.15, 0.2) is 12.3 Å². The molecule has 1 aliphatic rings. The Morgan fingerprint density at radius 1 is 1.67 bits per heavy atom. The molecule has 2 heterocycles. The maximum Gasteiger partial charge on any atom is 0.287 e. The van der Waals surface area contributed by atoms with Crippen LogP contribution in [0, 0.1) is 22.5 Å². The van der Waals surface area contributed by atoms with Gasteiger partial charge in [-0.05, 0) is 12.5 Å². The first-order chi connectivity index (χ1) is 8.56. The lowest BCUT2D eigenvalue weighted by Crippen LogP contribution is -2.50. The van der Waals surface area contributed by atoms with Crippen LogP contribution in [0.3, 0.4) is 0 Å². The van der Waals surface area contributed by atoms with Crippen molar-refractivity contribution in [1.82, 2.24) is 4.98 Å². The van der Waals surface area contributed by atoms with Crippen LogP contribution in [0.4, 0.5) is 11.5 Å². The van der Waals surface area contributed by atoms with E-state index in [2.05, 4.69) is 10.3 Å². The number of rotatable bonds is 5. The van der Waals surface area contributed by atoms with E-state index in [9.17, 15) is 15.2 Å². The van der Waals surface area contributed by atoms with Crippen molar-refractivity contribution in [3.05, 3.63) is 27.9 Å². The topological polar surface area (TPSA) is 97.5 Å². The maximum absolute atomic E-state index is 10.6. The highest BCUT2D eigenvalue weighted by atomic mass is 16.6. The predicted molar refractivity (Wildman–Crippen MR) is 64.5 cm³/mol. The van der Waals surface area contributed by atoms with Crippen LogP contribution in [0.2, 0.25) is 0 Å². The van der Waals surface area contributed by atoms with Crippen molar-refractivity contribution in [1.29, 1.82) is 0 Å². The number of ether oxygens (including phenoxy) is 1. The molecule has 0 unspecified atom stereocenters. The number of aliphatic hydroxyl groups is 1. The molecule has 1 fully saturated rings. The minimum atomic E-state index is -0.473. The van der Waals surface area contributed by atoms with Gasteiger partial charge < -0.3 is 15.2 Å². The van der Waals surface area contributed by atoms with E-state index in [1.807, 2.05) is 0 Å². The monoisotopic (exact) mass is 253 g/mol. The second-order valence-corrected chi connectivity index (χ2v) is 4.62. The lowest BCUT2D eigenvalue weighted by Gasteiger charge is -2.40. The van der Waals surface area contributed by atoms with E-state index in [1.54, 1.807) is 6.92 Å². The molecule has 1 aromatic heterocycles. The van der Waals surface area contributed by atoms with Gasteiger partial charge in [0.15, 0.2) is 0 Å². The SMILES string of the molecule is Cc1cc([N+](=O)[O-])cnc1NCC1(CO)COC1. The summed E-state index contributed by atoms with van der Waals surface area (Å²) in [5, 5.41) is 22.9. The van der Waals surface area contributed by atoms with Gasteiger partial charge >= 0.3 is 0 Å². The van der Waals surface area contributed by atoms with Crippen LogP contribution >= 0.6 is 0 Å². The summed E-state index contributed by atoms with van der Waals surface area (Å²) in [4.78, 5) is 14.1. The van der Waals surface area contributed by atoms with Gasteiger partial charge in [0.2, 0.25) is 0 Å². The Morgan fingerprint density at radius 2 is 2.39 bits per heavy atom. The molecule has 1 saturated heterocycles. The highest BCUT2D eigenvalue weighted by Gasteiger charge is 2.38. The number of aryl methyl sites for hydroxylation is 1. The third-order valence-corrected chi connectivity index (χ3v) is 3.06. The van der Waals surface area contributed by atoms with E-state index in [4.69, 9.17) is 4.74 Å². The molecular formula is C11H15N3O4. The van der Waals surface area contributed by atoms with Gasteiger partial charge in [0, 0.05) is 12.6 Å². The molecule has 0 atom stereocenters. The highest BCUT2D eigenvalue weighted by molar-refractivity contribution is 5.48. The minimum Gasteiger partial charge on any atom is -0.396 e. The number of aromatic nitrogens is 1. The molecule has 18 heavy (non-hydrogen) atoms. The van der Waals surface area contributed by atoms with Crippen molar-refractivity contribution in [2.75, 3.05) is 31.7 Å². The molecule has 2 rings (SSSR count). The van der Waals surface area contributed by atoms with Gasteiger partial charge in [-0.1, -0.05) is 0 Å². The second-order valence-electron chi connectivity index (χ2n) is 4.62. The summed E-state index contributed by atoms with van der Waals surface area (Å²) in [5.74, 6) is 0.598. The lowest BCUT2D eigenvalue weighted by molar-refractivity contribution is -0.385. The molecule has 7 heteroatoms. The Labute approximate surface area is 104 Å². The van der Waals surface area contributed by atoms with E-state index < -0.39 is 4.92 Å². The van der Waals surface area contributed by atoms with E-state index >= 15 is 0 Å². The predicted octanol–water partition coefficient (Wildman–Crippen LogP) is 0.719. The van der Waals surface area contributed by atoms with Gasteiger partial charge in [-0.25, -0.2) is 4.98 Å². The van der Waals surface area contributed by atoms with Crippen molar-refractivity contribution in [2.45, 2.75) is 6.92 Å². The number of pyridine rings is 1. The second kappa shape index (κ2) is 4.87. The normalized spacial score (nSPS) is 17.0. The zero-order chi connectivity index (χ0) is 13.2. The highest BCUT2D eigenvalue weighted by Crippen LogP contribution is 2.27. The summed E-state index contributed by atoms with van der Waals surface area (Å²) in [6.45, 7) is 3.37. The zero-order valence-corrected chi connectivity index (χ0v) is 10.0. The van der Waals surface area contributed by atoms with Crippen LogP contribution in [0.5, 0.6) is 0 Å². The fourth-order valence-corrected chi connectivity index (χ4v) is 1.76. The molecule has 1 aliphatic heterocycles. The summed E-state index contributed by atoms with van der Waals surface area (Å²) >= 11 is 0. The quantitative estimate of drug-likeness (QED) is 0.592. The van der Waals surface area contributed by atoms with Gasteiger partial charge in [-0.2, -0.15) is 0 Å². The lowest BCUT2D eigenvalue weighted by atomic mass is 9.87. The molecular weight excluding hydrogens is 238 g/mol. The zero-order valence-electron chi connectivity index (χ0n) is 10.0. The third kappa shape index (κ3) is 2.41. The summed E-state index contributed by atoms with van der Waals surface area (Å²) in [7, 11) is 0. The summed E-state index contributed by atoms with van der Waals surface area (Å²) < 4.78 is 5.09. The average molecular weight is 253 g/mol. The summed E-state index contributed by atoms with van der Waals surface area (Å²) in [6.07, 6.45) is 1.22. The Morgan fingerprint density at radius 3 is 2.83 bits per heavy atom. The Bertz CT molecular complexity index is 454. The molecule has 0 radical (unpaired) electrons. The number of anilines is 1. The van der Waals surface area contributed by atoms with Gasteiger partial charge in [0.25, 0.3) is 5.69 Å². The van der Waals surface area contributed by atoms with Crippen LogP contribution in [0.1, 0.15) is 5.56 Å². The first-order valence-corrected chi connectivity index (χ1v) is 5.60. The van der Waals surface area contributed by atoms with Gasteiger partial charge in [-0.15, -0.1) is 0 Å². The molecule has 0 spiro atoms. The molecule has 98 valence electrons. The maximum atomic E-state index is 10.6. The summed E-state index contributed by atoms with van der Waals surface area (Å²) in [5.41, 5.74) is 0.426. The van der Waals surface area contributed by atoms with Crippen LogP contribution < -0.4 is 5.32 Å². The van der Waals surface area contributed by atoms with Crippen LogP contribution in [-0.4, -0.2) is 41.4 Å². The Hall–Kier alpha value is -1.73. The first-order valence-electron chi connectivity index (χ1n) is 5.60. The van der Waals surface area contributed by atoms with Crippen molar-refractivity contribution >= 4 is 11.5 Å². The van der Waals surface area contributed by atoms with Gasteiger partial charge in [0.05, 0.1) is 30.2 Å². The molecule has 2 N–H and O–H groups in total. The fraction of sp³-hybridized carbons (Fsp3) is 0.545. The first kappa shape index (κ1) is 12.7. The number of nitrogens with zero attached hydrogens (tertiary/aromatic N) is 2. The van der Waals surface area contributed by atoms with E-state index in [0.29, 0.717) is 31.1 Å². The standard InChI is InChI=1S/C11H15N3O4/c1-8-2-9(14(16)17)3-12-10(8)13-4-11(5-15)6-18-7-11/h2-3,15H,4-7H2,1H3,(H,12,13). The number of nitro groups is 1. The van der Waals surface area contributed by atoms with Crippen molar-refractivity contribution in [3.8, 4) is 0 Å². The molecule has 1 aromatic rings. The smallest absolute Gasteiger partial charge is 0.287 e. The number of hydrogen-bond donors (Lipinski definition) is 2. The van der Waals surface area contributed by atoms with Gasteiger partial charge in [-0.3, -0.25) is 10.1 Å². The number of nitrogens with one attached hydrogen (secondary N) is 1. The fourth-order valence-electron chi connectivity index (χ4n) is 1.76. The summed E-state index contributed by atoms with van der Waals surface area (Å²) in [6, 6.07) is 1.47. The molecule has 0 saturated carbocycles. The van der Waals surface area contributed by atoms with Crippen molar-refractivity contribution < 1.29 is 14.8 Å². The van der Waals surface area contributed by atoms with E-state index in [0.717, 1.165) is 0 Å². The minimum absolute atomic E-state index is 0.0260. The van der Waals surface area contributed by atoms with Crippen LogP contribution in [-0.2, 0) is 4.74 Å². The Balaban J connectivity index is 2.03. The van der Waals surface area contributed by atoms with E-state index in [-0.39, 0.29) is 17.7 Å². The molecule has 7 nitrogen and oxygen atoms in total. The average Bonchev–Trinajstić information content (AvgIpc) is 2.29. The number of hydrogen-bond acceptors (Lipinski definition) is 6. The third-order valence-electron chi connectivity index (χ3n) is 3.06. The van der Waals surface area contributed by atoms with Gasteiger partial charge in [0.1, 0.15) is 12.0 Å².